The number of nitrogens with one attached hydrogen (secondary N) is 1. The number of primary amides is 1. The monoisotopic (exact) mass is 378 g/mol. The van der Waals surface area contributed by atoms with E-state index in [4.69, 9.17) is 5.73 Å². The van der Waals surface area contributed by atoms with Gasteiger partial charge in [-0.3, -0.25) is 4.79 Å². The molecule has 27 heavy (non-hydrogen) atoms. The number of anilines is 1. The van der Waals surface area contributed by atoms with Crippen LogP contribution in [0.3, 0.4) is 0 Å². The van der Waals surface area contributed by atoms with Gasteiger partial charge in [0.2, 0.25) is 5.91 Å². The molecule has 4 rings (SSSR count). The lowest BCUT2D eigenvalue weighted by atomic mass is 10.1. The molecule has 1 unspecified atom stereocenters. The predicted molar refractivity (Wildman–Crippen MR) is 105 cm³/mol. The number of fused-ring (bicyclic) bond motifs is 1. The van der Waals surface area contributed by atoms with Gasteiger partial charge >= 0.3 is 0 Å². The van der Waals surface area contributed by atoms with Crippen molar-refractivity contribution >= 4 is 34.0 Å². The maximum atomic E-state index is 13.2. The fraction of sp³-hybridized carbons (Fsp3) is 0.0500. The van der Waals surface area contributed by atoms with Crippen LogP contribution >= 0.6 is 11.3 Å². The highest BCUT2D eigenvalue weighted by Gasteiger charge is 2.20. The highest BCUT2D eigenvalue weighted by molar-refractivity contribution is 7.08. The summed E-state index contributed by atoms with van der Waals surface area (Å²) in [5.41, 5.74) is 7.80. The molecular formula is C20H15FN4OS. The lowest BCUT2D eigenvalue weighted by molar-refractivity contribution is -0.118. The maximum absolute atomic E-state index is 13.2. The average molecular weight is 378 g/mol. The van der Waals surface area contributed by atoms with Crippen LogP contribution in [0.4, 0.5) is 10.2 Å². The second-order valence-electron chi connectivity index (χ2n) is 5.96. The summed E-state index contributed by atoms with van der Waals surface area (Å²) >= 11 is 1.55. The lowest BCUT2D eigenvalue weighted by Gasteiger charge is -2.18. The first kappa shape index (κ1) is 17.1. The Morgan fingerprint density at radius 1 is 1.07 bits per heavy atom. The van der Waals surface area contributed by atoms with Gasteiger partial charge in [-0.1, -0.05) is 24.3 Å². The minimum Gasteiger partial charge on any atom is -0.368 e. The van der Waals surface area contributed by atoms with Gasteiger partial charge in [0.15, 0.2) is 5.82 Å². The second kappa shape index (κ2) is 7.13. The Morgan fingerprint density at radius 3 is 2.56 bits per heavy atom. The van der Waals surface area contributed by atoms with Gasteiger partial charge in [-0.15, -0.1) is 0 Å². The van der Waals surface area contributed by atoms with Crippen molar-refractivity contribution in [1.82, 2.24) is 9.97 Å². The van der Waals surface area contributed by atoms with Crippen LogP contribution in [-0.4, -0.2) is 15.9 Å². The number of thiophene rings is 1. The number of nitrogens with zero attached hydrogens (tertiary/aromatic N) is 2. The first-order chi connectivity index (χ1) is 13.1. The fourth-order valence-corrected chi connectivity index (χ4v) is 3.45. The molecule has 5 nitrogen and oxygen atoms in total. The van der Waals surface area contributed by atoms with Crippen LogP contribution in [0.25, 0.3) is 22.3 Å². The van der Waals surface area contributed by atoms with E-state index in [2.05, 4.69) is 15.3 Å². The van der Waals surface area contributed by atoms with Crippen LogP contribution in [0.15, 0.2) is 65.4 Å². The molecule has 2 aromatic heterocycles. The van der Waals surface area contributed by atoms with Crippen LogP contribution in [0, 0.1) is 5.82 Å². The molecule has 0 saturated carbocycles. The Kier molecular flexibility index (Phi) is 4.52. The third kappa shape index (κ3) is 3.50. The third-order valence-corrected chi connectivity index (χ3v) is 4.83. The number of nitrogens with two attached hydrogens (primary N) is 1. The first-order valence-corrected chi connectivity index (χ1v) is 9.17. The zero-order valence-electron chi connectivity index (χ0n) is 14.1. The fourth-order valence-electron chi connectivity index (χ4n) is 2.82. The van der Waals surface area contributed by atoms with Crippen LogP contribution in [0.1, 0.15) is 11.6 Å². The Bertz CT molecular complexity index is 1100. The van der Waals surface area contributed by atoms with Crippen molar-refractivity contribution in [3.05, 3.63) is 76.7 Å². The Hall–Kier alpha value is -3.32. The Labute approximate surface area is 158 Å². The molecule has 0 aliphatic rings. The van der Waals surface area contributed by atoms with Crippen LogP contribution in [0.2, 0.25) is 0 Å². The summed E-state index contributed by atoms with van der Waals surface area (Å²) in [7, 11) is 0. The van der Waals surface area contributed by atoms with Crippen LogP contribution in [0.5, 0.6) is 0 Å². The van der Waals surface area contributed by atoms with Gasteiger partial charge in [-0.25, -0.2) is 14.4 Å². The van der Waals surface area contributed by atoms with E-state index >= 15 is 0 Å². The van der Waals surface area contributed by atoms with E-state index in [0.29, 0.717) is 17.2 Å². The zero-order chi connectivity index (χ0) is 18.8. The van der Waals surface area contributed by atoms with Gasteiger partial charge in [0.05, 0.1) is 5.52 Å². The molecule has 2 heterocycles. The van der Waals surface area contributed by atoms with Crippen LogP contribution < -0.4 is 11.1 Å². The standard InChI is InChI=1S/C20H15FN4OS/c21-14-7-5-12(6-8-14)17(18(22)26)24-20-15-3-1-2-4-16(15)23-19(25-20)13-9-10-27-11-13/h1-11,17H,(H2,22,26)(H,23,24,25). The Balaban J connectivity index is 1.81. The van der Waals surface area contributed by atoms with E-state index in [1.165, 1.54) is 24.3 Å². The van der Waals surface area contributed by atoms with Crippen molar-refractivity contribution in [3.63, 3.8) is 0 Å². The van der Waals surface area contributed by atoms with Gasteiger partial charge < -0.3 is 11.1 Å². The molecule has 3 N–H and O–H groups in total. The topological polar surface area (TPSA) is 80.9 Å². The van der Waals surface area contributed by atoms with E-state index in [0.717, 1.165) is 16.5 Å². The summed E-state index contributed by atoms with van der Waals surface area (Å²) in [6.45, 7) is 0. The molecule has 0 aliphatic carbocycles. The lowest BCUT2D eigenvalue weighted by Crippen LogP contribution is -2.28. The molecule has 1 atom stereocenters. The molecule has 7 heteroatoms. The highest BCUT2D eigenvalue weighted by atomic mass is 32.1. The number of amides is 1. The quantitative estimate of drug-likeness (QED) is 0.547. The third-order valence-electron chi connectivity index (χ3n) is 4.15. The number of halogens is 1. The molecule has 1 amide bonds. The van der Waals surface area contributed by atoms with Crippen molar-refractivity contribution in [2.24, 2.45) is 5.73 Å². The van der Waals surface area contributed by atoms with Gasteiger partial charge in [-0.05, 0) is 41.3 Å². The molecule has 0 radical (unpaired) electrons. The summed E-state index contributed by atoms with van der Waals surface area (Å²) < 4.78 is 13.2. The molecule has 134 valence electrons. The number of rotatable bonds is 5. The summed E-state index contributed by atoms with van der Waals surface area (Å²) in [6.07, 6.45) is 0. The van der Waals surface area contributed by atoms with Gasteiger partial charge in [0.1, 0.15) is 17.7 Å². The number of aromatic nitrogens is 2. The summed E-state index contributed by atoms with van der Waals surface area (Å²) in [5.74, 6) is 0.0882. The smallest absolute Gasteiger partial charge is 0.244 e. The average Bonchev–Trinajstić information content (AvgIpc) is 3.21. The minimum absolute atomic E-state index is 0.380. The summed E-state index contributed by atoms with van der Waals surface area (Å²) in [5, 5.41) is 7.79. The highest BCUT2D eigenvalue weighted by Crippen LogP contribution is 2.28. The van der Waals surface area contributed by atoms with Gasteiger partial charge in [0.25, 0.3) is 0 Å². The summed E-state index contributed by atoms with van der Waals surface area (Å²) in [6, 6.07) is 14.3. The number of hydrogen-bond donors (Lipinski definition) is 2. The predicted octanol–water partition coefficient (Wildman–Crippen LogP) is 4.14. The minimum atomic E-state index is -0.848. The normalized spacial score (nSPS) is 12.0. The van der Waals surface area contributed by atoms with Crippen molar-refractivity contribution < 1.29 is 9.18 Å². The SMILES string of the molecule is NC(=O)C(Nc1nc(-c2ccsc2)nc2ccccc12)c1ccc(F)cc1. The van der Waals surface area contributed by atoms with Gasteiger partial charge in [0, 0.05) is 16.3 Å². The van der Waals surface area contributed by atoms with Crippen molar-refractivity contribution in [3.8, 4) is 11.4 Å². The van der Waals surface area contributed by atoms with Crippen molar-refractivity contribution in [1.29, 1.82) is 0 Å². The molecule has 0 bridgehead atoms. The number of benzene rings is 2. The zero-order valence-corrected chi connectivity index (χ0v) is 14.9. The van der Waals surface area contributed by atoms with E-state index in [1.807, 2.05) is 41.1 Å². The maximum Gasteiger partial charge on any atom is 0.244 e. The molecule has 0 aliphatic heterocycles. The molecule has 0 saturated heterocycles. The summed E-state index contributed by atoms with van der Waals surface area (Å²) in [4.78, 5) is 21.3. The van der Waals surface area contributed by atoms with E-state index in [9.17, 15) is 9.18 Å². The first-order valence-electron chi connectivity index (χ1n) is 8.22. The number of carbonyl (C=O) groups is 1. The number of hydrogen-bond acceptors (Lipinski definition) is 5. The molecule has 0 spiro atoms. The van der Waals surface area contributed by atoms with E-state index < -0.39 is 11.9 Å². The molecule has 4 aromatic rings. The largest absolute Gasteiger partial charge is 0.368 e. The molecule has 0 fully saturated rings. The van der Waals surface area contributed by atoms with E-state index in [1.54, 1.807) is 11.3 Å². The van der Waals surface area contributed by atoms with Crippen molar-refractivity contribution in [2.45, 2.75) is 6.04 Å². The van der Waals surface area contributed by atoms with Gasteiger partial charge in [-0.2, -0.15) is 11.3 Å². The second-order valence-corrected chi connectivity index (χ2v) is 6.74. The molecule has 2 aromatic carbocycles. The number of carbonyl (C=O) groups excluding carboxylic acids is 1. The van der Waals surface area contributed by atoms with Crippen LogP contribution in [-0.2, 0) is 4.79 Å². The Morgan fingerprint density at radius 2 is 1.85 bits per heavy atom. The van der Waals surface area contributed by atoms with Crippen molar-refractivity contribution in [2.75, 3.05) is 5.32 Å². The van der Waals surface area contributed by atoms with E-state index in [-0.39, 0.29) is 5.82 Å². The number of para-hydroxylation sites is 1. The molecular weight excluding hydrogens is 363 g/mol.